The van der Waals surface area contributed by atoms with Crippen molar-refractivity contribution in [2.75, 3.05) is 37.6 Å². The van der Waals surface area contributed by atoms with Crippen LogP contribution in [0.2, 0.25) is 0 Å². The number of hydrogen-bond acceptors (Lipinski definition) is 5. The number of aryl methyl sites for hydroxylation is 1. The van der Waals surface area contributed by atoms with E-state index in [4.69, 9.17) is 10.6 Å². The molecule has 0 aliphatic carbocycles. The van der Waals surface area contributed by atoms with Crippen LogP contribution in [0.4, 0.5) is 10.5 Å². The highest BCUT2D eigenvalue weighted by atomic mass is 16.6. The fourth-order valence-corrected chi connectivity index (χ4v) is 2.99. The summed E-state index contributed by atoms with van der Waals surface area (Å²) in [4.78, 5) is 32.5. The first-order chi connectivity index (χ1) is 12.0. The minimum Gasteiger partial charge on any atom is -0.390 e. The summed E-state index contributed by atoms with van der Waals surface area (Å²) in [5, 5.41) is 6.46. The normalized spacial score (nSPS) is 20.0. The molecule has 3 N–H and O–H groups in total. The summed E-state index contributed by atoms with van der Waals surface area (Å²) < 4.78 is 0. The van der Waals surface area contributed by atoms with Gasteiger partial charge in [-0.15, -0.1) is 0 Å². The average Bonchev–Trinajstić information content (AvgIpc) is 3.09. The van der Waals surface area contributed by atoms with Crippen LogP contribution in [0, 0.1) is 6.92 Å². The molecule has 0 saturated carbocycles. The number of nitrogens with zero attached hydrogens (tertiary/aromatic N) is 3. The molecule has 8 nitrogen and oxygen atoms in total. The van der Waals surface area contributed by atoms with Crippen molar-refractivity contribution in [3.05, 3.63) is 29.8 Å². The molecule has 0 spiro atoms. The van der Waals surface area contributed by atoms with Gasteiger partial charge in [-0.25, -0.2) is 4.79 Å². The summed E-state index contributed by atoms with van der Waals surface area (Å²) in [6, 6.07) is 8.25. The van der Waals surface area contributed by atoms with Crippen molar-refractivity contribution in [3.8, 4) is 0 Å². The maximum Gasteiger partial charge on any atom is 0.317 e. The lowest BCUT2D eigenvalue weighted by molar-refractivity contribution is -0.112. The molecule has 2 aliphatic rings. The van der Waals surface area contributed by atoms with Crippen molar-refractivity contribution in [2.45, 2.75) is 19.4 Å². The molecule has 1 unspecified atom stereocenters. The number of benzene rings is 1. The van der Waals surface area contributed by atoms with E-state index < -0.39 is 5.91 Å². The Hall–Kier alpha value is -2.77. The zero-order chi connectivity index (χ0) is 17.8. The van der Waals surface area contributed by atoms with Gasteiger partial charge in [-0.2, -0.15) is 0 Å². The zero-order valence-electron chi connectivity index (χ0n) is 14.3. The predicted molar refractivity (Wildman–Crippen MR) is 94.5 cm³/mol. The van der Waals surface area contributed by atoms with Crippen molar-refractivity contribution in [1.82, 2.24) is 10.2 Å². The molecule has 8 heteroatoms. The number of oxime groups is 1. The Balaban J connectivity index is 1.42. The minimum absolute atomic E-state index is 0.125. The Morgan fingerprint density at radius 2 is 2.08 bits per heavy atom. The number of urea groups is 1. The minimum atomic E-state index is -0.582. The third-order valence-corrected chi connectivity index (χ3v) is 4.43. The predicted octanol–water partition coefficient (Wildman–Crippen LogP) is 0.457. The van der Waals surface area contributed by atoms with E-state index in [1.807, 2.05) is 6.07 Å². The lowest BCUT2D eigenvalue weighted by Crippen LogP contribution is -2.52. The largest absolute Gasteiger partial charge is 0.390 e. The van der Waals surface area contributed by atoms with Crippen molar-refractivity contribution >= 4 is 23.3 Å². The van der Waals surface area contributed by atoms with E-state index in [0.29, 0.717) is 26.1 Å². The summed E-state index contributed by atoms with van der Waals surface area (Å²) >= 11 is 0. The molecule has 1 saturated heterocycles. The quantitative estimate of drug-likeness (QED) is 0.828. The molecule has 2 aliphatic heterocycles. The van der Waals surface area contributed by atoms with E-state index in [1.54, 1.807) is 4.90 Å². The van der Waals surface area contributed by atoms with Crippen molar-refractivity contribution in [1.29, 1.82) is 0 Å². The summed E-state index contributed by atoms with van der Waals surface area (Å²) in [5.74, 6) is -0.582. The number of carbonyl (C=O) groups excluding carboxylic acids is 2. The zero-order valence-corrected chi connectivity index (χ0v) is 14.3. The monoisotopic (exact) mass is 345 g/mol. The fraction of sp³-hybridized carbons (Fsp3) is 0.471. The number of hydrogen-bond donors (Lipinski definition) is 2. The lowest BCUT2D eigenvalue weighted by Gasteiger charge is -2.36. The molecule has 3 amide bonds. The van der Waals surface area contributed by atoms with Gasteiger partial charge in [-0.05, 0) is 24.6 Å². The second kappa shape index (κ2) is 7.42. The maximum absolute atomic E-state index is 12.3. The van der Waals surface area contributed by atoms with E-state index in [2.05, 4.69) is 40.5 Å². The van der Waals surface area contributed by atoms with Crippen LogP contribution in [0.1, 0.15) is 12.0 Å². The smallest absolute Gasteiger partial charge is 0.317 e. The van der Waals surface area contributed by atoms with Gasteiger partial charge in [-0.3, -0.25) is 4.79 Å². The highest BCUT2D eigenvalue weighted by Crippen LogP contribution is 2.18. The van der Waals surface area contributed by atoms with Crippen LogP contribution < -0.4 is 16.0 Å². The van der Waals surface area contributed by atoms with Gasteiger partial charge >= 0.3 is 6.03 Å². The highest BCUT2D eigenvalue weighted by molar-refractivity contribution is 6.38. The molecule has 0 aromatic heterocycles. The third-order valence-electron chi connectivity index (χ3n) is 4.43. The van der Waals surface area contributed by atoms with Gasteiger partial charge in [0, 0.05) is 38.3 Å². The fourth-order valence-electron chi connectivity index (χ4n) is 2.99. The van der Waals surface area contributed by atoms with Crippen LogP contribution in [0.5, 0.6) is 0 Å². The Morgan fingerprint density at radius 3 is 2.72 bits per heavy atom. The number of nitrogens with two attached hydrogens (primary N) is 1. The molecule has 2 heterocycles. The van der Waals surface area contributed by atoms with E-state index in [9.17, 15) is 9.59 Å². The van der Waals surface area contributed by atoms with Crippen LogP contribution in [0.15, 0.2) is 29.4 Å². The summed E-state index contributed by atoms with van der Waals surface area (Å²) in [5.41, 5.74) is 7.79. The molecule has 3 rings (SSSR count). The van der Waals surface area contributed by atoms with Crippen LogP contribution >= 0.6 is 0 Å². The third kappa shape index (κ3) is 4.20. The number of primary amides is 1. The average molecular weight is 345 g/mol. The van der Waals surface area contributed by atoms with Crippen molar-refractivity contribution in [3.63, 3.8) is 0 Å². The SMILES string of the molecule is Cc1cccc(N2CCN(C(=O)NCC3CC(C(N)=O)=NO3)CC2)c1. The molecular weight excluding hydrogens is 322 g/mol. The number of amides is 3. The number of carbonyl (C=O) groups is 2. The molecule has 25 heavy (non-hydrogen) atoms. The topological polar surface area (TPSA) is 100 Å². The van der Waals surface area contributed by atoms with E-state index in [1.165, 1.54) is 11.3 Å². The highest BCUT2D eigenvalue weighted by Gasteiger charge is 2.26. The van der Waals surface area contributed by atoms with Crippen molar-refractivity contribution in [2.24, 2.45) is 10.9 Å². The summed E-state index contributed by atoms with van der Waals surface area (Å²) in [7, 11) is 0. The van der Waals surface area contributed by atoms with Crippen LogP contribution in [-0.2, 0) is 9.63 Å². The molecule has 1 fully saturated rings. The van der Waals surface area contributed by atoms with Crippen LogP contribution in [-0.4, -0.2) is 61.4 Å². The number of anilines is 1. The lowest BCUT2D eigenvalue weighted by atomic mass is 10.2. The van der Waals surface area contributed by atoms with Gasteiger partial charge in [-0.1, -0.05) is 17.3 Å². The van der Waals surface area contributed by atoms with Gasteiger partial charge in [0.05, 0.1) is 6.54 Å². The van der Waals surface area contributed by atoms with Gasteiger partial charge in [0.2, 0.25) is 0 Å². The molecule has 1 atom stereocenters. The first kappa shape index (κ1) is 17.1. The molecule has 1 aromatic rings. The molecule has 134 valence electrons. The Morgan fingerprint density at radius 1 is 1.32 bits per heavy atom. The molecule has 0 bridgehead atoms. The second-order valence-electron chi connectivity index (χ2n) is 6.33. The number of nitrogens with one attached hydrogen (secondary N) is 1. The Labute approximate surface area is 146 Å². The molecule has 0 radical (unpaired) electrons. The van der Waals surface area contributed by atoms with Crippen LogP contribution in [0.25, 0.3) is 0 Å². The van der Waals surface area contributed by atoms with Crippen LogP contribution in [0.3, 0.4) is 0 Å². The summed E-state index contributed by atoms with van der Waals surface area (Å²) in [6.45, 7) is 5.29. The second-order valence-corrected chi connectivity index (χ2v) is 6.33. The maximum atomic E-state index is 12.3. The first-order valence-electron chi connectivity index (χ1n) is 8.40. The standard InChI is InChI=1S/C17H23N5O3/c1-12-3-2-4-13(9-12)21-5-7-22(8-6-21)17(24)19-11-14-10-15(16(18)23)20-25-14/h2-4,9,14H,5-8,10-11H2,1H3,(H2,18,23)(H,19,24). The number of rotatable bonds is 4. The number of piperazine rings is 1. The van der Waals surface area contributed by atoms with Gasteiger partial charge in [0.15, 0.2) is 6.10 Å². The van der Waals surface area contributed by atoms with Gasteiger partial charge in [0.25, 0.3) is 5.91 Å². The first-order valence-corrected chi connectivity index (χ1v) is 8.40. The Bertz CT molecular complexity index is 683. The van der Waals surface area contributed by atoms with E-state index in [0.717, 1.165) is 13.1 Å². The Kier molecular flexibility index (Phi) is 5.06. The summed E-state index contributed by atoms with van der Waals surface area (Å²) in [6.07, 6.45) is -0.00319. The molecule has 1 aromatic carbocycles. The van der Waals surface area contributed by atoms with Crippen molar-refractivity contribution < 1.29 is 14.4 Å². The van der Waals surface area contributed by atoms with Gasteiger partial charge in [0.1, 0.15) is 5.71 Å². The van der Waals surface area contributed by atoms with E-state index >= 15 is 0 Å². The molecular formula is C17H23N5O3. The van der Waals surface area contributed by atoms with Gasteiger partial charge < -0.3 is 25.7 Å². The van der Waals surface area contributed by atoms with E-state index in [-0.39, 0.29) is 17.8 Å².